The first-order valence-electron chi connectivity index (χ1n) is 6.64. The summed E-state index contributed by atoms with van der Waals surface area (Å²) in [6.45, 7) is 2.10. The zero-order valence-electron chi connectivity index (χ0n) is 10.8. The van der Waals surface area contributed by atoms with Gasteiger partial charge in [-0.1, -0.05) is 30.3 Å². The Morgan fingerprint density at radius 2 is 1.89 bits per heavy atom. The molecule has 1 N–H and O–H groups in total. The first kappa shape index (κ1) is 11.5. The number of methoxy groups -OCH3 is 1. The Balaban J connectivity index is 1.86. The molecule has 0 bridgehead atoms. The number of nitrogens with one attached hydrogen (secondary N) is 1. The molecule has 0 heterocycles. The molecule has 0 aromatic heterocycles. The summed E-state index contributed by atoms with van der Waals surface area (Å²) in [5.74, 6) is 1.88. The van der Waals surface area contributed by atoms with Gasteiger partial charge in [0.15, 0.2) is 0 Å². The predicted molar refractivity (Wildman–Crippen MR) is 74.9 cm³/mol. The SMILES string of the molecule is COc1ccc(CNCC2CC2)c2ccccc12. The second-order valence-electron chi connectivity index (χ2n) is 5.05. The van der Waals surface area contributed by atoms with Gasteiger partial charge in [0, 0.05) is 11.9 Å². The Morgan fingerprint density at radius 3 is 2.61 bits per heavy atom. The molecule has 0 radical (unpaired) electrons. The van der Waals surface area contributed by atoms with Crippen LogP contribution in [0.2, 0.25) is 0 Å². The van der Waals surface area contributed by atoms with Crippen molar-refractivity contribution in [2.24, 2.45) is 5.92 Å². The van der Waals surface area contributed by atoms with Crippen molar-refractivity contribution in [1.82, 2.24) is 5.32 Å². The molecule has 0 spiro atoms. The molecular weight excluding hydrogens is 222 g/mol. The van der Waals surface area contributed by atoms with Crippen molar-refractivity contribution < 1.29 is 4.74 Å². The van der Waals surface area contributed by atoms with Crippen molar-refractivity contribution in [3.8, 4) is 5.75 Å². The Morgan fingerprint density at radius 1 is 1.11 bits per heavy atom. The lowest BCUT2D eigenvalue weighted by atomic mass is 10.0. The lowest BCUT2D eigenvalue weighted by Crippen LogP contribution is -2.16. The van der Waals surface area contributed by atoms with Crippen LogP contribution in [0.15, 0.2) is 36.4 Å². The van der Waals surface area contributed by atoms with Crippen molar-refractivity contribution in [2.75, 3.05) is 13.7 Å². The van der Waals surface area contributed by atoms with Gasteiger partial charge in [-0.2, -0.15) is 0 Å². The first-order valence-corrected chi connectivity index (χ1v) is 6.64. The molecule has 0 aliphatic heterocycles. The summed E-state index contributed by atoms with van der Waals surface area (Å²) in [5.41, 5.74) is 1.35. The van der Waals surface area contributed by atoms with Crippen molar-refractivity contribution in [2.45, 2.75) is 19.4 Å². The van der Waals surface area contributed by atoms with E-state index in [1.165, 1.54) is 29.2 Å². The molecule has 2 aromatic carbocycles. The molecule has 1 aliphatic carbocycles. The van der Waals surface area contributed by atoms with Crippen molar-refractivity contribution in [1.29, 1.82) is 0 Å². The summed E-state index contributed by atoms with van der Waals surface area (Å²) < 4.78 is 5.41. The number of hydrogen-bond donors (Lipinski definition) is 1. The number of fused-ring (bicyclic) bond motifs is 1. The van der Waals surface area contributed by atoms with E-state index in [1.807, 2.05) is 0 Å². The fourth-order valence-electron chi connectivity index (χ4n) is 2.40. The highest BCUT2D eigenvalue weighted by Gasteiger charge is 2.20. The van der Waals surface area contributed by atoms with E-state index in [2.05, 4.69) is 41.7 Å². The topological polar surface area (TPSA) is 21.3 Å². The molecule has 2 nitrogen and oxygen atoms in total. The Kier molecular flexibility index (Phi) is 3.20. The Hall–Kier alpha value is -1.54. The molecule has 94 valence electrons. The van der Waals surface area contributed by atoms with Gasteiger partial charge in [-0.05, 0) is 42.3 Å². The number of ether oxygens (including phenoxy) is 1. The van der Waals surface area contributed by atoms with E-state index in [-0.39, 0.29) is 0 Å². The average molecular weight is 241 g/mol. The Bertz CT molecular complexity index is 546. The summed E-state index contributed by atoms with van der Waals surface area (Å²) in [6.07, 6.45) is 2.80. The molecule has 3 rings (SSSR count). The van der Waals surface area contributed by atoms with E-state index in [0.29, 0.717) is 0 Å². The number of hydrogen-bond acceptors (Lipinski definition) is 2. The molecule has 0 atom stereocenters. The summed E-state index contributed by atoms with van der Waals surface area (Å²) in [5, 5.41) is 6.04. The highest BCUT2D eigenvalue weighted by atomic mass is 16.5. The van der Waals surface area contributed by atoms with Crippen LogP contribution in [0.3, 0.4) is 0 Å². The molecule has 18 heavy (non-hydrogen) atoms. The zero-order valence-corrected chi connectivity index (χ0v) is 10.8. The second kappa shape index (κ2) is 4.99. The highest BCUT2D eigenvalue weighted by Crippen LogP contribution is 2.29. The summed E-state index contributed by atoms with van der Waals surface area (Å²) in [6, 6.07) is 12.7. The van der Waals surface area contributed by atoms with E-state index in [1.54, 1.807) is 7.11 Å². The number of benzene rings is 2. The minimum atomic E-state index is 0.925. The van der Waals surface area contributed by atoms with E-state index in [0.717, 1.165) is 24.8 Å². The third-order valence-corrected chi connectivity index (χ3v) is 3.64. The quantitative estimate of drug-likeness (QED) is 0.866. The molecule has 0 unspecified atom stereocenters. The van der Waals surface area contributed by atoms with E-state index < -0.39 is 0 Å². The molecule has 1 saturated carbocycles. The average Bonchev–Trinajstić information content (AvgIpc) is 3.23. The molecule has 0 amide bonds. The van der Waals surface area contributed by atoms with Crippen LogP contribution in [-0.2, 0) is 6.54 Å². The Labute approximate surface area is 108 Å². The van der Waals surface area contributed by atoms with Gasteiger partial charge in [-0.3, -0.25) is 0 Å². The first-order chi connectivity index (χ1) is 8.88. The zero-order chi connectivity index (χ0) is 12.4. The minimum absolute atomic E-state index is 0.925. The third kappa shape index (κ3) is 2.34. The van der Waals surface area contributed by atoms with Gasteiger partial charge in [0.25, 0.3) is 0 Å². The van der Waals surface area contributed by atoms with Crippen molar-refractivity contribution in [3.63, 3.8) is 0 Å². The molecule has 1 fully saturated rings. The minimum Gasteiger partial charge on any atom is -0.496 e. The molecule has 0 saturated heterocycles. The fourth-order valence-corrected chi connectivity index (χ4v) is 2.40. The molecule has 1 aliphatic rings. The van der Waals surface area contributed by atoms with E-state index in [4.69, 9.17) is 4.74 Å². The van der Waals surface area contributed by atoms with Crippen molar-refractivity contribution in [3.05, 3.63) is 42.0 Å². The van der Waals surface area contributed by atoms with E-state index in [9.17, 15) is 0 Å². The van der Waals surface area contributed by atoms with Gasteiger partial charge >= 0.3 is 0 Å². The maximum atomic E-state index is 5.41. The highest BCUT2D eigenvalue weighted by molar-refractivity contribution is 5.91. The molecule has 2 heteroatoms. The largest absolute Gasteiger partial charge is 0.496 e. The summed E-state index contributed by atoms with van der Waals surface area (Å²) in [4.78, 5) is 0. The van der Waals surface area contributed by atoms with Crippen molar-refractivity contribution >= 4 is 10.8 Å². The predicted octanol–water partition coefficient (Wildman–Crippen LogP) is 3.35. The van der Waals surface area contributed by atoms with Gasteiger partial charge < -0.3 is 10.1 Å². The van der Waals surface area contributed by atoms with Gasteiger partial charge in [0.05, 0.1) is 7.11 Å². The van der Waals surface area contributed by atoms with Crippen LogP contribution in [0.1, 0.15) is 18.4 Å². The summed E-state index contributed by atoms with van der Waals surface area (Å²) >= 11 is 0. The van der Waals surface area contributed by atoms with Crippen LogP contribution in [0, 0.1) is 5.92 Å². The van der Waals surface area contributed by atoms with Gasteiger partial charge in [-0.15, -0.1) is 0 Å². The van der Waals surface area contributed by atoms with Crippen LogP contribution >= 0.6 is 0 Å². The second-order valence-corrected chi connectivity index (χ2v) is 5.05. The van der Waals surface area contributed by atoms with Crippen LogP contribution < -0.4 is 10.1 Å². The lowest BCUT2D eigenvalue weighted by Gasteiger charge is -2.11. The number of rotatable bonds is 5. The van der Waals surface area contributed by atoms with Crippen LogP contribution in [0.4, 0.5) is 0 Å². The van der Waals surface area contributed by atoms with Crippen LogP contribution in [0.25, 0.3) is 10.8 Å². The van der Waals surface area contributed by atoms with Crippen LogP contribution in [0.5, 0.6) is 5.75 Å². The maximum Gasteiger partial charge on any atom is 0.126 e. The van der Waals surface area contributed by atoms with Crippen LogP contribution in [-0.4, -0.2) is 13.7 Å². The van der Waals surface area contributed by atoms with E-state index >= 15 is 0 Å². The van der Waals surface area contributed by atoms with Gasteiger partial charge in [0.2, 0.25) is 0 Å². The summed E-state index contributed by atoms with van der Waals surface area (Å²) in [7, 11) is 1.73. The normalized spacial score (nSPS) is 14.9. The lowest BCUT2D eigenvalue weighted by molar-refractivity contribution is 0.419. The van der Waals surface area contributed by atoms with Gasteiger partial charge in [-0.25, -0.2) is 0 Å². The monoisotopic (exact) mass is 241 g/mol. The smallest absolute Gasteiger partial charge is 0.126 e. The maximum absolute atomic E-state index is 5.41. The standard InChI is InChI=1S/C16H19NO/c1-18-16-9-8-13(11-17-10-12-6-7-12)14-4-2-3-5-15(14)16/h2-5,8-9,12,17H,6-7,10-11H2,1H3. The molecule has 2 aromatic rings. The molecular formula is C16H19NO. The fraction of sp³-hybridized carbons (Fsp3) is 0.375. The van der Waals surface area contributed by atoms with Gasteiger partial charge in [0.1, 0.15) is 5.75 Å². The third-order valence-electron chi connectivity index (χ3n) is 3.64.